The number of nitrogens with one attached hydrogen (secondary N) is 2. The third-order valence-corrected chi connectivity index (χ3v) is 4.77. The molecule has 0 heterocycles. The summed E-state index contributed by atoms with van der Waals surface area (Å²) >= 11 is 4.21. The molecule has 3 N–H and O–H groups in total. The fraction of sp³-hybridized carbons (Fsp3) is 0.522. The normalized spacial score (nSPS) is 12.9. The lowest BCUT2D eigenvalue weighted by Gasteiger charge is -2.33. The molecule has 3 amide bonds. The number of amides is 3. The van der Waals surface area contributed by atoms with Crippen LogP contribution in [-0.4, -0.2) is 58.4 Å². The topological polar surface area (TPSA) is 108 Å². The molecule has 0 spiro atoms. The summed E-state index contributed by atoms with van der Waals surface area (Å²) in [5.74, 6) is -1.13. The number of unbranched alkanes of at least 4 members (excludes halogenated alkanes) is 1. The van der Waals surface area contributed by atoms with Gasteiger partial charge in [0.25, 0.3) is 0 Å². The van der Waals surface area contributed by atoms with Gasteiger partial charge < -0.3 is 25.4 Å². The van der Waals surface area contributed by atoms with Gasteiger partial charge in [0.05, 0.1) is 0 Å². The van der Waals surface area contributed by atoms with Crippen LogP contribution in [0.1, 0.15) is 52.1 Å². The zero-order chi connectivity index (χ0) is 24.3. The van der Waals surface area contributed by atoms with E-state index in [1.54, 1.807) is 39.0 Å². The van der Waals surface area contributed by atoms with Gasteiger partial charge in [0.1, 0.15) is 23.4 Å². The largest absolute Gasteiger partial charge is 0.508 e. The third-order valence-electron chi connectivity index (χ3n) is 4.40. The first kappa shape index (κ1) is 27.4. The van der Waals surface area contributed by atoms with E-state index >= 15 is 0 Å². The summed E-state index contributed by atoms with van der Waals surface area (Å²) < 4.78 is 5.24. The van der Waals surface area contributed by atoms with Crippen molar-refractivity contribution in [3.63, 3.8) is 0 Å². The number of hydrogen-bond acceptors (Lipinski definition) is 6. The highest BCUT2D eigenvalue weighted by molar-refractivity contribution is 7.80. The van der Waals surface area contributed by atoms with Gasteiger partial charge in [-0.1, -0.05) is 37.6 Å². The molecular weight excluding hydrogens is 430 g/mol. The minimum atomic E-state index is -1.12. The lowest BCUT2D eigenvalue weighted by Crippen LogP contribution is -2.53. The van der Waals surface area contributed by atoms with Crippen molar-refractivity contribution < 1.29 is 24.2 Å². The van der Waals surface area contributed by atoms with Crippen LogP contribution in [0.25, 0.3) is 0 Å². The van der Waals surface area contributed by atoms with E-state index in [1.807, 2.05) is 6.92 Å². The molecule has 9 heteroatoms. The van der Waals surface area contributed by atoms with Crippen LogP contribution in [0, 0.1) is 0 Å². The Kier molecular flexibility index (Phi) is 11.1. The summed E-state index contributed by atoms with van der Waals surface area (Å²) in [5.41, 5.74) is -0.473. The summed E-state index contributed by atoms with van der Waals surface area (Å²) in [5, 5.41) is 15.8. The number of aromatic hydroxyl groups is 1. The van der Waals surface area contributed by atoms with Gasteiger partial charge in [-0.3, -0.25) is 9.59 Å². The summed E-state index contributed by atoms with van der Waals surface area (Å²) in [6.07, 6.45) is 2.37. The first-order valence-corrected chi connectivity index (χ1v) is 11.3. The molecule has 0 radical (unpaired) electrons. The fourth-order valence-corrected chi connectivity index (χ4v) is 3.20. The molecule has 178 valence electrons. The highest BCUT2D eigenvalue weighted by atomic mass is 32.1. The summed E-state index contributed by atoms with van der Waals surface area (Å²) in [6, 6.07) is 4.16. The fourth-order valence-electron chi connectivity index (χ4n) is 2.95. The van der Waals surface area contributed by atoms with Gasteiger partial charge in [0.2, 0.25) is 11.8 Å². The van der Waals surface area contributed by atoms with Gasteiger partial charge in [-0.25, -0.2) is 4.79 Å². The summed E-state index contributed by atoms with van der Waals surface area (Å²) in [6.45, 7) is 11.3. The molecule has 1 aromatic carbocycles. The molecular formula is C23H35N3O5S. The quantitative estimate of drug-likeness (QED) is 0.228. The Morgan fingerprint density at radius 1 is 1.28 bits per heavy atom. The smallest absolute Gasteiger partial charge is 0.408 e. The number of nitrogens with zero attached hydrogens (tertiary/aromatic N) is 1. The van der Waals surface area contributed by atoms with Crippen molar-refractivity contribution in [2.45, 2.75) is 58.2 Å². The van der Waals surface area contributed by atoms with E-state index in [2.05, 4.69) is 29.8 Å². The molecule has 0 saturated heterocycles. The van der Waals surface area contributed by atoms with E-state index < -0.39 is 35.6 Å². The van der Waals surface area contributed by atoms with Crippen LogP contribution in [0.15, 0.2) is 36.9 Å². The molecule has 8 nitrogen and oxygen atoms in total. The monoisotopic (exact) mass is 465 g/mol. The maximum atomic E-state index is 13.4. The number of phenolic OH excluding ortho intramolecular Hbond substituents is 1. The molecule has 32 heavy (non-hydrogen) atoms. The number of benzene rings is 1. The number of alkyl carbamates (subject to hydrolysis) is 1. The van der Waals surface area contributed by atoms with Crippen LogP contribution in [0.4, 0.5) is 4.79 Å². The lowest BCUT2D eigenvalue weighted by molar-refractivity contribution is -0.141. The maximum absolute atomic E-state index is 13.4. The molecule has 2 unspecified atom stereocenters. The predicted octanol–water partition coefficient (Wildman–Crippen LogP) is 3.19. The van der Waals surface area contributed by atoms with Crippen LogP contribution in [-0.2, 0) is 14.3 Å². The van der Waals surface area contributed by atoms with E-state index in [9.17, 15) is 19.5 Å². The van der Waals surface area contributed by atoms with E-state index in [1.165, 1.54) is 17.0 Å². The second-order valence-corrected chi connectivity index (χ2v) is 8.63. The average Bonchev–Trinajstić information content (AvgIpc) is 2.71. The van der Waals surface area contributed by atoms with Crippen LogP contribution in [0.3, 0.4) is 0 Å². The predicted molar refractivity (Wildman–Crippen MR) is 128 cm³/mol. The minimum absolute atomic E-state index is 0.0132. The Hall–Kier alpha value is -2.68. The van der Waals surface area contributed by atoms with Crippen molar-refractivity contribution in [2.75, 3.05) is 18.8 Å². The van der Waals surface area contributed by atoms with Gasteiger partial charge in [-0.2, -0.15) is 12.6 Å². The van der Waals surface area contributed by atoms with Crippen molar-refractivity contribution in [3.8, 4) is 5.75 Å². The SMILES string of the molecule is C=CCN(C(=O)C(CS)NC(=O)OC(C)(C)C)C(C(=O)NCCCC)c1ccccc1O. The van der Waals surface area contributed by atoms with E-state index in [0.29, 0.717) is 6.54 Å². The Labute approximate surface area is 195 Å². The molecule has 1 aromatic rings. The third kappa shape index (κ3) is 8.45. The Balaban J connectivity index is 3.29. The van der Waals surface area contributed by atoms with Crippen LogP contribution < -0.4 is 10.6 Å². The van der Waals surface area contributed by atoms with Crippen molar-refractivity contribution in [1.82, 2.24) is 15.5 Å². The molecule has 0 aliphatic rings. The highest BCUT2D eigenvalue weighted by Crippen LogP contribution is 2.29. The van der Waals surface area contributed by atoms with Crippen LogP contribution in [0.5, 0.6) is 5.75 Å². The number of ether oxygens (including phenoxy) is 1. The van der Waals surface area contributed by atoms with Gasteiger partial charge in [-0.05, 0) is 33.3 Å². The molecule has 0 aliphatic heterocycles. The minimum Gasteiger partial charge on any atom is -0.508 e. The number of carbonyl (C=O) groups excluding carboxylic acids is 3. The van der Waals surface area contributed by atoms with E-state index in [-0.39, 0.29) is 23.6 Å². The van der Waals surface area contributed by atoms with Gasteiger partial charge in [-0.15, -0.1) is 6.58 Å². The van der Waals surface area contributed by atoms with E-state index in [4.69, 9.17) is 4.74 Å². The first-order valence-electron chi connectivity index (χ1n) is 10.6. The summed E-state index contributed by atoms with van der Waals surface area (Å²) in [4.78, 5) is 40.1. The van der Waals surface area contributed by atoms with Crippen molar-refractivity contribution in [3.05, 3.63) is 42.5 Å². The van der Waals surface area contributed by atoms with Crippen LogP contribution >= 0.6 is 12.6 Å². The van der Waals surface area contributed by atoms with Crippen molar-refractivity contribution in [2.24, 2.45) is 0 Å². The Morgan fingerprint density at radius 2 is 1.94 bits per heavy atom. The van der Waals surface area contributed by atoms with Gasteiger partial charge in [0, 0.05) is 24.4 Å². The highest BCUT2D eigenvalue weighted by Gasteiger charge is 2.36. The maximum Gasteiger partial charge on any atom is 0.408 e. The number of thiol groups is 1. The van der Waals surface area contributed by atoms with E-state index in [0.717, 1.165) is 12.8 Å². The number of phenols is 1. The number of para-hydroxylation sites is 1. The summed E-state index contributed by atoms with van der Waals surface area (Å²) in [7, 11) is 0. The van der Waals surface area contributed by atoms with Crippen molar-refractivity contribution in [1.29, 1.82) is 0 Å². The van der Waals surface area contributed by atoms with Gasteiger partial charge >= 0.3 is 6.09 Å². The lowest BCUT2D eigenvalue weighted by atomic mass is 10.0. The molecule has 0 fully saturated rings. The molecule has 1 rings (SSSR count). The average molecular weight is 466 g/mol. The number of rotatable bonds is 11. The second kappa shape index (κ2) is 13.0. The molecule has 0 saturated carbocycles. The standard InChI is InChI=1S/C23H35N3O5S/c1-6-8-13-24-20(28)19(16-11-9-10-12-18(16)27)26(14-7-2)21(29)17(15-32)25-22(30)31-23(3,4)5/h7,9-12,17,19,27,32H,2,6,8,13-15H2,1,3-5H3,(H,24,28)(H,25,30). The number of carbonyl (C=O) groups is 3. The Morgan fingerprint density at radius 3 is 2.47 bits per heavy atom. The second-order valence-electron chi connectivity index (χ2n) is 8.27. The zero-order valence-electron chi connectivity index (χ0n) is 19.3. The van der Waals surface area contributed by atoms with Gasteiger partial charge in [0.15, 0.2) is 0 Å². The molecule has 0 aliphatic carbocycles. The molecule has 2 atom stereocenters. The first-order chi connectivity index (χ1) is 15.1. The Bertz CT molecular complexity index is 794. The number of hydrogen-bond donors (Lipinski definition) is 4. The van der Waals surface area contributed by atoms with Crippen LogP contribution in [0.2, 0.25) is 0 Å². The van der Waals surface area contributed by atoms with Crippen molar-refractivity contribution >= 4 is 30.5 Å². The zero-order valence-corrected chi connectivity index (χ0v) is 20.2. The molecule has 0 aromatic heterocycles. The molecule has 0 bridgehead atoms.